The molecule has 2 aromatic carbocycles. The van der Waals surface area contributed by atoms with E-state index in [2.05, 4.69) is 17.6 Å². The van der Waals surface area contributed by atoms with Gasteiger partial charge in [0.25, 0.3) is 0 Å². The zero-order chi connectivity index (χ0) is 18.1. The van der Waals surface area contributed by atoms with E-state index < -0.39 is 0 Å². The molecule has 2 rings (SSSR count). The first-order valence-electron chi connectivity index (χ1n) is 8.46. The quantitative estimate of drug-likeness (QED) is 0.576. The van der Waals surface area contributed by atoms with Gasteiger partial charge in [0.05, 0.1) is 13.0 Å². The van der Waals surface area contributed by atoms with Crippen molar-refractivity contribution in [2.45, 2.75) is 33.1 Å². The molecule has 1 amide bonds. The van der Waals surface area contributed by atoms with Crippen molar-refractivity contribution in [3.63, 3.8) is 0 Å². The topological polar surface area (TPSA) is 50.4 Å². The third kappa shape index (κ3) is 6.55. The lowest BCUT2D eigenvalue weighted by molar-refractivity contribution is -0.119. The molecule has 5 heteroatoms. The molecule has 0 aliphatic rings. The standard InChI is InChI=1S/C20H24N2O2S/c1-3-4-13-24-18-11-9-17(10-12-18)21-20(25)22-19(23)14-16-8-6-5-7-15(16)2/h5-12H,3-4,13-14H2,1-2H3,(H2,21,22,23,25). The van der Waals surface area contributed by atoms with Gasteiger partial charge in [-0.2, -0.15) is 0 Å². The Kier molecular flexibility index (Phi) is 7.41. The van der Waals surface area contributed by atoms with Crippen LogP contribution in [-0.2, 0) is 11.2 Å². The molecule has 4 nitrogen and oxygen atoms in total. The summed E-state index contributed by atoms with van der Waals surface area (Å²) in [4.78, 5) is 12.1. The van der Waals surface area contributed by atoms with Crippen LogP contribution in [0.15, 0.2) is 48.5 Å². The number of thiocarbonyl (C=S) groups is 1. The Morgan fingerprint density at radius 3 is 2.52 bits per heavy atom. The van der Waals surface area contributed by atoms with Crippen LogP contribution in [0.2, 0.25) is 0 Å². The second-order valence-electron chi connectivity index (χ2n) is 5.83. The van der Waals surface area contributed by atoms with Crippen molar-refractivity contribution in [3.8, 4) is 5.75 Å². The van der Waals surface area contributed by atoms with Gasteiger partial charge < -0.3 is 15.4 Å². The number of aryl methyl sites for hydroxylation is 1. The van der Waals surface area contributed by atoms with Crippen LogP contribution in [-0.4, -0.2) is 17.6 Å². The smallest absolute Gasteiger partial charge is 0.230 e. The van der Waals surface area contributed by atoms with Crippen molar-refractivity contribution in [2.24, 2.45) is 0 Å². The third-order valence-electron chi connectivity index (χ3n) is 3.74. The molecule has 0 heterocycles. The molecule has 0 spiro atoms. The van der Waals surface area contributed by atoms with Gasteiger partial charge in [0.15, 0.2) is 5.11 Å². The number of amides is 1. The van der Waals surface area contributed by atoms with Crippen molar-refractivity contribution in [3.05, 3.63) is 59.7 Å². The molecule has 2 aromatic rings. The maximum atomic E-state index is 12.1. The van der Waals surface area contributed by atoms with Crippen molar-refractivity contribution in [1.82, 2.24) is 5.32 Å². The predicted molar refractivity (Wildman–Crippen MR) is 106 cm³/mol. The lowest BCUT2D eigenvalue weighted by Gasteiger charge is -2.11. The Bertz CT molecular complexity index is 714. The molecule has 2 N–H and O–H groups in total. The Balaban J connectivity index is 1.81. The van der Waals surface area contributed by atoms with Crippen molar-refractivity contribution >= 4 is 28.9 Å². The SMILES string of the molecule is CCCCOc1ccc(NC(=S)NC(=O)Cc2ccccc2C)cc1. The van der Waals surface area contributed by atoms with Crippen molar-refractivity contribution in [2.75, 3.05) is 11.9 Å². The Morgan fingerprint density at radius 2 is 1.84 bits per heavy atom. The fourth-order valence-corrected chi connectivity index (χ4v) is 2.52. The summed E-state index contributed by atoms with van der Waals surface area (Å²) in [7, 11) is 0. The second-order valence-corrected chi connectivity index (χ2v) is 6.24. The molecule has 0 radical (unpaired) electrons. The number of nitrogens with one attached hydrogen (secondary N) is 2. The van der Waals surface area contributed by atoms with Gasteiger partial charge >= 0.3 is 0 Å². The molecular formula is C20H24N2O2S. The highest BCUT2D eigenvalue weighted by molar-refractivity contribution is 7.80. The van der Waals surface area contributed by atoms with E-state index in [1.165, 1.54) is 0 Å². The van der Waals surface area contributed by atoms with Crippen LogP contribution in [0.1, 0.15) is 30.9 Å². The maximum Gasteiger partial charge on any atom is 0.230 e. The molecule has 0 saturated heterocycles. The number of ether oxygens (including phenoxy) is 1. The van der Waals surface area contributed by atoms with E-state index in [1.807, 2.05) is 55.5 Å². The monoisotopic (exact) mass is 356 g/mol. The fraction of sp³-hybridized carbons (Fsp3) is 0.300. The largest absolute Gasteiger partial charge is 0.494 e. The molecule has 25 heavy (non-hydrogen) atoms. The average molecular weight is 356 g/mol. The van der Waals surface area contributed by atoms with E-state index in [-0.39, 0.29) is 5.91 Å². The molecule has 0 aliphatic heterocycles. The van der Waals surface area contributed by atoms with Gasteiger partial charge in [-0.25, -0.2) is 0 Å². The predicted octanol–water partition coefficient (Wildman–Crippen LogP) is 4.23. The zero-order valence-electron chi connectivity index (χ0n) is 14.7. The number of unbranched alkanes of at least 4 members (excludes halogenated alkanes) is 1. The fourth-order valence-electron chi connectivity index (χ4n) is 2.28. The first-order valence-corrected chi connectivity index (χ1v) is 8.87. The van der Waals surface area contributed by atoms with Crippen LogP contribution < -0.4 is 15.4 Å². The van der Waals surface area contributed by atoms with Crippen LogP contribution in [0.5, 0.6) is 5.75 Å². The molecule has 0 bridgehead atoms. The molecule has 132 valence electrons. The number of hydrogen-bond acceptors (Lipinski definition) is 3. The normalized spacial score (nSPS) is 10.2. The molecule has 0 aromatic heterocycles. The van der Waals surface area contributed by atoms with Crippen LogP contribution in [0.3, 0.4) is 0 Å². The minimum Gasteiger partial charge on any atom is -0.494 e. The van der Waals surface area contributed by atoms with E-state index in [0.717, 1.165) is 42.0 Å². The maximum absolute atomic E-state index is 12.1. The number of hydrogen-bond donors (Lipinski definition) is 2. The summed E-state index contributed by atoms with van der Waals surface area (Å²) in [6.45, 7) is 4.84. The molecule has 0 fully saturated rings. The molecule has 0 unspecified atom stereocenters. The Labute approximate surface area is 154 Å². The summed E-state index contributed by atoms with van der Waals surface area (Å²) in [6, 6.07) is 15.3. The minimum atomic E-state index is -0.133. The van der Waals surface area contributed by atoms with Gasteiger partial charge in [-0.1, -0.05) is 37.6 Å². The summed E-state index contributed by atoms with van der Waals surface area (Å²) in [5, 5.41) is 6.01. The van der Waals surface area contributed by atoms with Gasteiger partial charge in [-0.05, 0) is 61.0 Å². The van der Waals surface area contributed by atoms with Crippen LogP contribution in [0.4, 0.5) is 5.69 Å². The van der Waals surface area contributed by atoms with Crippen molar-refractivity contribution < 1.29 is 9.53 Å². The van der Waals surface area contributed by atoms with Crippen molar-refractivity contribution in [1.29, 1.82) is 0 Å². The lowest BCUT2D eigenvalue weighted by Crippen LogP contribution is -2.35. The summed E-state index contributed by atoms with van der Waals surface area (Å²) in [5.41, 5.74) is 2.90. The summed E-state index contributed by atoms with van der Waals surface area (Å²) >= 11 is 5.21. The van der Waals surface area contributed by atoms with E-state index in [0.29, 0.717) is 11.5 Å². The summed E-state index contributed by atoms with van der Waals surface area (Å²) < 4.78 is 5.62. The number of anilines is 1. The number of carbonyl (C=O) groups excluding carboxylic acids is 1. The average Bonchev–Trinajstić information content (AvgIpc) is 2.58. The van der Waals surface area contributed by atoms with E-state index in [4.69, 9.17) is 17.0 Å². The molecule has 0 saturated carbocycles. The Morgan fingerprint density at radius 1 is 1.12 bits per heavy atom. The molecule has 0 aliphatic carbocycles. The molecule has 0 atom stereocenters. The van der Waals surface area contributed by atoms with E-state index in [1.54, 1.807) is 0 Å². The van der Waals surface area contributed by atoms with Gasteiger partial charge in [0.2, 0.25) is 5.91 Å². The number of rotatable bonds is 7. The summed E-state index contributed by atoms with van der Waals surface area (Å²) in [6.07, 6.45) is 2.45. The highest BCUT2D eigenvalue weighted by Crippen LogP contribution is 2.16. The van der Waals surface area contributed by atoms with Gasteiger partial charge in [-0.3, -0.25) is 4.79 Å². The number of carbonyl (C=O) groups is 1. The minimum absolute atomic E-state index is 0.133. The van der Waals surface area contributed by atoms with Gasteiger partial charge in [-0.15, -0.1) is 0 Å². The first-order chi connectivity index (χ1) is 12.1. The second kappa shape index (κ2) is 9.79. The Hall–Kier alpha value is -2.40. The first kappa shape index (κ1) is 18.9. The summed E-state index contributed by atoms with van der Waals surface area (Å²) in [5.74, 6) is 0.694. The highest BCUT2D eigenvalue weighted by atomic mass is 32.1. The van der Waals surface area contributed by atoms with Crippen LogP contribution in [0.25, 0.3) is 0 Å². The highest BCUT2D eigenvalue weighted by Gasteiger charge is 2.08. The third-order valence-corrected chi connectivity index (χ3v) is 3.95. The van der Waals surface area contributed by atoms with E-state index >= 15 is 0 Å². The van der Waals surface area contributed by atoms with Crippen LogP contribution in [0, 0.1) is 6.92 Å². The van der Waals surface area contributed by atoms with Gasteiger partial charge in [0.1, 0.15) is 5.75 Å². The lowest BCUT2D eigenvalue weighted by atomic mass is 10.1. The molecular weight excluding hydrogens is 332 g/mol. The van der Waals surface area contributed by atoms with E-state index in [9.17, 15) is 4.79 Å². The zero-order valence-corrected chi connectivity index (χ0v) is 15.5. The number of benzene rings is 2. The van der Waals surface area contributed by atoms with Crippen LogP contribution >= 0.6 is 12.2 Å². The van der Waals surface area contributed by atoms with Gasteiger partial charge in [0, 0.05) is 5.69 Å².